The number of halogens is 3. The van der Waals surface area contributed by atoms with Gasteiger partial charge in [0.05, 0.1) is 16.7 Å². The lowest BCUT2D eigenvalue weighted by molar-refractivity contribution is -0.134. The van der Waals surface area contributed by atoms with Crippen LogP contribution >= 0.6 is 11.3 Å². The van der Waals surface area contributed by atoms with Crippen molar-refractivity contribution in [1.82, 2.24) is 14.1 Å². The molecule has 30 heavy (non-hydrogen) atoms. The molecule has 0 bridgehead atoms. The van der Waals surface area contributed by atoms with Crippen molar-refractivity contribution in [3.8, 4) is 11.4 Å². The fourth-order valence-corrected chi connectivity index (χ4v) is 4.01. The minimum Gasteiger partial charge on any atom is -0.488 e. The Bertz CT molecular complexity index is 1270. The molecule has 0 saturated carbocycles. The number of ether oxygens (including phenoxy) is 1. The molecule has 3 aromatic heterocycles. The van der Waals surface area contributed by atoms with Gasteiger partial charge in [-0.25, -0.2) is 4.98 Å². The van der Waals surface area contributed by atoms with Crippen molar-refractivity contribution in [2.24, 2.45) is 7.05 Å². The van der Waals surface area contributed by atoms with Crippen molar-refractivity contribution >= 4 is 22.4 Å². The standard InChI is InChI=1S/C21H18F3N3O2S/c1-3-19-25-16-6-4-13(10-17(16)26(19)2)27-9-8-14(11-20(27)28)29-12-15-5-7-18(30-15)21(22,23)24/h4-11H,3,12H2,1-2H3. The first-order chi connectivity index (χ1) is 14.3. The van der Waals surface area contributed by atoms with Crippen LogP contribution in [0.5, 0.6) is 5.75 Å². The van der Waals surface area contributed by atoms with Crippen molar-refractivity contribution in [3.05, 3.63) is 74.6 Å². The maximum Gasteiger partial charge on any atom is 0.425 e. The number of rotatable bonds is 5. The summed E-state index contributed by atoms with van der Waals surface area (Å²) >= 11 is 0.628. The second kappa shape index (κ2) is 7.64. The molecule has 156 valence electrons. The molecule has 0 atom stereocenters. The van der Waals surface area contributed by atoms with Gasteiger partial charge in [-0.15, -0.1) is 11.3 Å². The summed E-state index contributed by atoms with van der Waals surface area (Å²) in [4.78, 5) is 16.9. The van der Waals surface area contributed by atoms with E-state index in [1.54, 1.807) is 12.3 Å². The summed E-state index contributed by atoms with van der Waals surface area (Å²) in [7, 11) is 1.94. The van der Waals surface area contributed by atoms with Crippen LogP contribution in [0.4, 0.5) is 13.2 Å². The number of thiophene rings is 1. The van der Waals surface area contributed by atoms with E-state index in [0.29, 0.717) is 27.7 Å². The Balaban J connectivity index is 1.55. The van der Waals surface area contributed by atoms with E-state index in [2.05, 4.69) is 4.98 Å². The lowest BCUT2D eigenvalue weighted by atomic mass is 10.2. The SMILES string of the molecule is CCc1nc2ccc(-n3ccc(OCc4ccc(C(F)(F)F)s4)cc3=O)cc2n1C. The molecule has 9 heteroatoms. The zero-order chi connectivity index (χ0) is 21.5. The van der Waals surface area contributed by atoms with Crippen LogP contribution in [0.3, 0.4) is 0 Å². The Morgan fingerprint density at radius 2 is 1.93 bits per heavy atom. The van der Waals surface area contributed by atoms with Crippen LogP contribution in [-0.2, 0) is 26.3 Å². The summed E-state index contributed by atoms with van der Waals surface area (Å²) in [6, 6.07) is 10.9. The molecule has 0 N–H and O–H groups in total. The summed E-state index contributed by atoms with van der Waals surface area (Å²) in [6.07, 6.45) is -1.97. The monoisotopic (exact) mass is 433 g/mol. The van der Waals surface area contributed by atoms with Gasteiger partial charge in [-0.2, -0.15) is 13.2 Å². The molecule has 0 radical (unpaired) electrons. The molecule has 0 unspecified atom stereocenters. The highest BCUT2D eigenvalue weighted by Crippen LogP contribution is 2.34. The van der Waals surface area contributed by atoms with Gasteiger partial charge in [0.25, 0.3) is 5.56 Å². The van der Waals surface area contributed by atoms with Gasteiger partial charge in [0.2, 0.25) is 0 Å². The van der Waals surface area contributed by atoms with E-state index in [1.165, 1.54) is 16.7 Å². The van der Waals surface area contributed by atoms with Gasteiger partial charge in [-0.05, 0) is 36.4 Å². The lowest BCUT2D eigenvalue weighted by Crippen LogP contribution is -2.16. The maximum atomic E-state index is 12.7. The number of benzene rings is 1. The number of hydrogen-bond acceptors (Lipinski definition) is 4. The van der Waals surface area contributed by atoms with E-state index in [-0.39, 0.29) is 12.2 Å². The van der Waals surface area contributed by atoms with Gasteiger partial charge in [-0.1, -0.05) is 6.92 Å². The minimum absolute atomic E-state index is 0.0367. The van der Waals surface area contributed by atoms with Gasteiger partial charge in [0.1, 0.15) is 23.1 Å². The molecule has 0 aliphatic carbocycles. The number of hydrogen-bond donors (Lipinski definition) is 0. The molecule has 0 aliphatic rings. The fraction of sp³-hybridized carbons (Fsp3) is 0.238. The zero-order valence-corrected chi connectivity index (χ0v) is 17.0. The molecule has 0 fully saturated rings. The maximum absolute atomic E-state index is 12.7. The van der Waals surface area contributed by atoms with Gasteiger partial charge in [0.15, 0.2) is 0 Å². The summed E-state index contributed by atoms with van der Waals surface area (Å²) < 4.78 is 47.1. The molecule has 5 nitrogen and oxygen atoms in total. The first kappa shape index (κ1) is 20.2. The van der Waals surface area contributed by atoms with E-state index in [0.717, 1.165) is 29.3 Å². The highest BCUT2D eigenvalue weighted by molar-refractivity contribution is 7.12. The van der Waals surface area contributed by atoms with E-state index in [4.69, 9.17) is 4.74 Å². The topological polar surface area (TPSA) is 49.1 Å². The average Bonchev–Trinajstić information content (AvgIpc) is 3.31. The molecule has 4 rings (SSSR count). The molecular formula is C21H18F3N3O2S. The number of fused-ring (bicyclic) bond motifs is 1. The van der Waals surface area contributed by atoms with E-state index < -0.39 is 11.1 Å². The number of aryl methyl sites for hydroxylation is 2. The van der Waals surface area contributed by atoms with Gasteiger partial charge >= 0.3 is 6.18 Å². The number of nitrogens with zero attached hydrogens (tertiary/aromatic N) is 3. The van der Waals surface area contributed by atoms with Crippen molar-refractivity contribution in [2.45, 2.75) is 26.1 Å². The third-order valence-electron chi connectivity index (χ3n) is 4.76. The predicted octanol–water partition coefficient (Wildman–Crippen LogP) is 4.95. The molecule has 0 aliphatic heterocycles. The highest BCUT2D eigenvalue weighted by Gasteiger charge is 2.32. The first-order valence-electron chi connectivity index (χ1n) is 9.23. The quantitative estimate of drug-likeness (QED) is 0.448. The molecule has 0 amide bonds. The van der Waals surface area contributed by atoms with Crippen LogP contribution < -0.4 is 10.3 Å². The Hall–Kier alpha value is -3.07. The molecule has 0 spiro atoms. The van der Waals surface area contributed by atoms with Crippen molar-refractivity contribution < 1.29 is 17.9 Å². The predicted molar refractivity (Wildman–Crippen MR) is 109 cm³/mol. The Kier molecular flexibility index (Phi) is 5.15. The molecule has 3 heterocycles. The molecular weight excluding hydrogens is 415 g/mol. The average molecular weight is 433 g/mol. The zero-order valence-electron chi connectivity index (χ0n) is 16.2. The van der Waals surface area contributed by atoms with E-state index >= 15 is 0 Å². The van der Waals surface area contributed by atoms with Gasteiger partial charge in [-0.3, -0.25) is 9.36 Å². The lowest BCUT2D eigenvalue weighted by Gasteiger charge is -2.09. The molecule has 0 saturated heterocycles. The Morgan fingerprint density at radius 1 is 1.13 bits per heavy atom. The second-order valence-electron chi connectivity index (χ2n) is 6.74. The van der Waals surface area contributed by atoms with Crippen molar-refractivity contribution in [2.75, 3.05) is 0 Å². The summed E-state index contributed by atoms with van der Waals surface area (Å²) in [6.45, 7) is 2.00. The van der Waals surface area contributed by atoms with Gasteiger partial charge < -0.3 is 9.30 Å². The van der Waals surface area contributed by atoms with E-state index in [1.807, 2.05) is 36.7 Å². The minimum atomic E-state index is -4.36. The molecule has 4 aromatic rings. The Morgan fingerprint density at radius 3 is 2.60 bits per heavy atom. The van der Waals surface area contributed by atoms with Crippen LogP contribution in [0.15, 0.2) is 53.5 Å². The normalized spacial score (nSPS) is 11.9. The van der Waals surface area contributed by atoms with Crippen molar-refractivity contribution in [3.63, 3.8) is 0 Å². The third-order valence-corrected chi connectivity index (χ3v) is 5.87. The first-order valence-corrected chi connectivity index (χ1v) is 10.0. The summed E-state index contributed by atoms with van der Waals surface area (Å²) in [5, 5.41) is 0. The summed E-state index contributed by atoms with van der Waals surface area (Å²) in [5.74, 6) is 1.26. The van der Waals surface area contributed by atoms with Crippen LogP contribution in [0, 0.1) is 0 Å². The number of pyridine rings is 1. The third kappa shape index (κ3) is 3.85. The molecule has 1 aromatic carbocycles. The highest BCUT2D eigenvalue weighted by atomic mass is 32.1. The number of aromatic nitrogens is 3. The van der Waals surface area contributed by atoms with Crippen molar-refractivity contribution in [1.29, 1.82) is 0 Å². The fourth-order valence-electron chi connectivity index (χ4n) is 3.22. The van der Waals surface area contributed by atoms with E-state index in [9.17, 15) is 18.0 Å². The largest absolute Gasteiger partial charge is 0.488 e. The van der Waals surface area contributed by atoms with Crippen LogP contribution in [-0.4, -0.2) is 14.1 Å². The van der Waals surface area contributed by atoms with Crippen LogP contribution in [0.1, 0.15) is 22.5 Å². The van der Waals surface area contributed by atoms with Gasteiger partial charge in [0, 0.05) is 30.6 Å². The number of alkyl halides is 3. The van der Waals surface area contributed by atoms with Crippen LogP contribution in [0.25, 0.3) is 16.7 Å². The smallest absolute Gasteiger partial charge is 0.425 e. The second-order valence-corrected chi connectivity index (χ2v) is 7.91. The Labute approximate surface area is 174 Å². The number of imidazole rings is 1. The van der Waals surface area contributed by atoms with Crippen LogP contribution in [0.2, 0.25) is 0 Å². The summed E-state index contributed by atoms with van der Waals surface area (Å²) in [5.41, 5.74) is 2.18.